The minimum atomic E-state index is -4.48. The molecule has 0 saturated heterocycles. The van der Waals surface area contributed by atoms with E-state index in [-0.39, 0.29) is 44.3 Å². The summed E-state index contributed by atoms with van der Waals surface area (Å²) in [4.78, 5) is 24.7. The van der Waals surface area contributed by atoms with Crippen molar-refractivity contribution in [3.8, 4) is 0 Å². The molecule has 0 unspecified atom stereocenters. The van der Waals surface area contributed by atoms with Gasteiger partial charge in [0.1, 0.15) is 13.2 Å². The number of para-hydroxylation sites is 1. The molecule has 0 atom stereocenters. The van der Waals surface area contributed by atoms with Crippen LogP contribution < -0.4 is 10.6 Å². The van der Waals surface area contributed by atoms with Crippen LogP contribution in [-0.4, -0.2) is 84.6 Å². The molecule has 0 aromatic heterocycles. The highest BCUT2D eigenvalue weighted by molar-refractivity contribution is 5.96. The third kappa shape index (κ3) is 14.7. The van der Waals surface area contributed by atoms with Crippen LogP contribution in [0.25, 0.3) is 0 Å². The number of hydrogen-bond donors (Lipinski definition) is 2. The molecule has 3 rings (SSSR count). The number of anilines is 3. The molecule has 0 heterocycles. The summed E-state index contributed by atoms with van der Waals surface area (Å²) in [7, 11) is 0. The average Bonchev–Trinajstić information content (AvgIpc) is 3.08. The second-order valence-electron chi connectivity index (χ2n) is 10.3. The van der Waals surface area contributed by atoms with Crippen molar-refractivity contribution < 1.29 is 51.2 Å². The molecule has 13 heteroatoms. The van der Waals surface area contributed by atoms with E-state index in [2.05, 4.69) is 17.6 Å². The number of carbonyl (C=O) groups is 2. The van der Waals surface area contributed by atoms with Crippen LogP contribution in [0.5, 0.6) is 0 Å². The van der Waals surface area contributed by atoms with Crippen molar-refractivity contribution >= 4 is 29.0 Å². The fourth-order valence-corrected chi connectivity index (χ4v) is 4.14. The van der Waals surface area contributed by atoms with Crippen LogP contribution in [0, 0.1) is 0 Å². The maximum atomic E-state index is 13.0. The first-order valence-corrected chi connectivity index (χ1v) is 15.8. The molecule has 10 nitrogen and oxygen atoms in total. The molecule has 0 saturated carbocycles. The highest BCUT2D eigenvalue weighted by Gasteiger charge is 2.30. The number of hydrogen-bond acceptors (Lipinski definition) is 10. The Morgan fingerprint density at radius 1 is 0.646 bits per heavy atom. The summed E-state index contributed by atoms with van der Waals surface area (Å²) < 4.78 is 71.3. The molecule has 0 radical (unpaired) electrons. The first-order chi connectivity index (χ1) is 23.3. The minimum Gasteiger partial charge on any atom is -0.460 e. The monoisotopic (exact) mass is 676 g/mol. The molecule has 0 spiro atoms. The van der Waals surface area contributed by atoms with Crippen molar-refractivity contribution in [2.75, 3.05) is 83.2 Å². The Balaban J connectivity index is 1.15. The van der Waals surface area contributed by atoms with Gasteiger partial charge in [0, 0.05) is 17.9 Å². The predicted molar refractivity (Wildman–Crippen MR) is 175 cm³/mol. The predicted octanol–water partition coefficient (Wildman–Crippen LogP) is 6.74. The maximum Gasteiger partial charge on any atom is 0.416 e. The summed E-state index contributed by atoms with van der Waals surface area (Å²) in [6.45, 7) is 5.61. The number of esters is 2. The van der Waals surface area contributed by atoms with E-state index < -0.39 is 23.7 Å². The van der Waals surface area contributed by atoms with Gasteiger partial charge in [0.05, 0.1) is 75.2 Å². The van der Waals surface area contributed by atoms with Gasteiger partial charge >= 0.3 is 18.1 Å². The van der Waals surface area contributed by atoms with Gasteiger partial charge in [-0.25, -0.2) is 9.59 Å². The average molecular weight is 677 g/mol. The molecule has 262 valence electrons. The molecule has 0 bridgehead atoms. The Morgan fingerprint density at radius 3 is 1.79 bits per heavy atom. The topological polar surface area (TPSA) is 114 Å². The van der Waals surface area contributed by atoms with Crippen LogP contribution in [-0.2, 0) is 34.6 Å². The van der Waals surface area contributed by atoms with Crippen LogP contribution in [0.2, 0.25) is 0 Å². The van der Waals surface area contributed by atoms with Crippen LogP contribution in [0.4, 0.5) is 30.2 Å². The Bertz CT molecular complexity index is 1370. The van der Waals surface area contributed by atoms with Gasteiger partial charge in [0.2, 0.25) is 0 Å². The van der Waals surface area contributed by atoms with E-state index in [0.29, 0.717) is 44.3 Å². The zero-order chi connectivity index (χ0) is 34.5. The maximum absolute atomic E-state index is 13.0. The lowest BCUT2D eigenvalue weighted by molar-refractivity contribution is -0.137. The number of alkyl halides is 3. The lowest BCUT2D eigenvalue weighted by Crippen LogP contribution is -2.16. The lowest BCUT2D eigenvalue weighted by atomic mass is 10.1. The highest BCUT2D eigenvalue weighted by atomic mass is 19.4. The second kappa shape index (κ2) is 21.7. The van der Waals surface area contributed by atoms with E-state index in [1.165, 1.54) is 18.2 Å². The number of benzene rings is 3. The highest BCUT2D eigenvalue weighted by Crippen LogP contribution is 2.32. The van der Waals surface area contributed by atoms with Crippen LogP contribution in [0.1, 0.15) is 46.0 Å². The fourth-order valence-electron chi connectivity index (χ4n) is 4.14. The van der Waals surface area contributed by atoms with Gasteiger partial charge in [-0.3, -0.25) is 0 Å². The number of nitrogens with one attached hydrogen (secondary N) is 2. The van der Waals surface area contributed by atoms with Crippen molar-refractivity contribution in [3.05, 3.63) is 89.5 Å². The van der Waals surface area contributed by atoms with Crippen LogP contribution in [0.15, 0.2) is 72.8 Å². The summed E-state index contributed by atoms with van der Waals surface area (Å²) in [6, 6.07) is 18.3. The van der Waals surface area contributed by atoms with E-state index in [1.54, 1.807) is 30.3 Å². The first-order valence-electron chi connectivity index (χ1n) is 15.8. The molecule has 48 heavy (non-hydrogen) atoms. The lowest BCUT2D eigenvalue weighted by Gasteiger charge is -2.13. The number of rotatable bonds is 23. The van der Waals surface area contributed by atoms with Gasteiger partial charge in [-0.05, 0) is 61.0 Å². The third-order valence-electron chi connectivity index (χ3n) is 6.63. The molecule has 3 aromatic carbocycles. The summed E-state index contributed by atoms with van der Waals surface area (Å²) in [5, 5.41) is 6.15. The van der Waals surface area contributed by atoms with E-state index in [9.17, 15) is 22.8 Å². The summed E-state index contributed by atoms with van der Waals surface area (Å²) in [5.41, 5.74) is 1.35. The Hall–Kier alpha value is -4.17. The standard InChI is InChI=1S/C35H43F3N2O8/c1-2-3-15-39-29-13-11-27(12-14-29)33(41)47-24-22-45-20-18-43-16-17-44-19-21-46-23-25-48-34(42)31-9-4-5-10-32(31)40-30-8-6-7-28(26-30)35(36,37)38/h4-14,26,39-40H,2-3,15-25H2,1H3. The zero-order valence-corrected chi connectivity index (χ0v) is 27.0. The van der Waals surface area contributed by atoms with E-state index in [0.717, 1.165) is 37.2 Å². The smallest absolute Gasteiger partial charge is 0.416 e. The van der Waals surface area contributed by atoms with Crippen LogP contribution >= 0.6 is 0 Å². The van der Waals surface area contributed by atoms with E-state index in [4.69, 9.17) is 28.4 Å². The van der Waals surface area contributed by atoms with Gasteiger partial charge in [-0.1, -0.05) is 31.5 Å². The first kappa shape index (κ1) is 38.3. The molecular formula is C35H43F3N2O8. The van der Waals surface area contributed by atoms with Crippen LogP contribution in [0.3, 0.4) is 0 Å². The quantitative estimate of drug-likeness (QED) is 0.0827. The van der Waals surface area contributed by atoms with Crippen molar-refractivity contribution in [2.24, 2.45) is 0 Å². The van der Waals surface area contributed by atoms with Gasteiger partial charge in [0.15, 0.2) is 0 Å². The number of ether oxygens (including phenoxy) is 6. The molecule has 2 N–H and O–H groups in total. The molecule has 0 aliphatic rings. The SMILES string of the molecule is CCCCNc1ccc(C(=O)OCCOCCOCCOCCOCCOC(=O)c2ccccc2Nc2cccc(C(F)(F)F)c2)cc1. The normalized spacial score (nSPS) is 11.2. The molecule has 0 aliphatic heterocycles. The van der Waals surface area contributed by atoms with Crippen molar-refractivity contribution in [3.63, 3.8) is 0 Å². The second-order valence-corrected chi connectivity index (χ2v) is 10.3. The summed E-state index contributed by atoms with van der Waals surface area (Å²) >= 11 is 0. The summed E-state index contributed by atoms with van der Waals surface area (Å²) in [5.74, 6) is -1.03. The molecule has 0 amide bonds. The third-order valence-corrected chi connectivity index (χ3v) is 6.63. The van der Waals surface area contributed by atoms with Crippen molar-refractivity contribution in [1.29, 1.82) is 0 Å². The van der Waals surface area contributed by atoms with Gasteiger partial charge < -0.3 is 39.1 Å². The fraction of sp³-hybridized carbons (Fsp3) is 0.429. The Morgan fingerprint density at radius 2 is 1.21 bits per heavy atom. The van der Waals surface area contributed by atoms with Gasteiger partial charge in [-0.15, -0.1) is 0 Å². The summed E-state index contributed by atoms with van der Waals surface area (Å²) in [6.07, 6.45) is -2.28. The number of halogens is 3. The largest absolute Gasteiger partial charge is 0.460 e. The zero-order valence-electron chi connectivity index (χ0n) is 27.0. The molecule has 3 aromatic rings. The molecule has 0 fully saturated rings. The Kier molecular flexibility index (Phi) is 17.3. The van der Waals surface area contributed by atoms with E-state index in [1.807, 2.05) is 12.1 Å². The van der Waals surface area contributed by atoms with Gasteiger partial charge in [0.25, 0.3) is 0 Å². The van der Waals surface area contributed by atoms with Crippen molar-refractivity contribution in [2.45, 2.75) is 25.9 Å². The number of unbranched alkanes of at least 4 members (excludes halogenated alkanes) is 1. The number of carbonyl (C=O) groups excluding carboxylic acids is 2. The minimum absolute atomic E-state index is 0.0109. The Labute approximate surface area is 278 Å². The van der Waals surface area contributed by atoms with Gasteiger partial charge in [-0.2, -0.15) is 13.2 Å². The van der Waals surface area contributed by atoms with Crippen molar-refractivity contribution in [1.82, 2.24) is 0 Å². The molecule has 0 aliphatic carbocycles. The molecular weight excluding hydrogens is 633 g/mol. The van der Waals surface area contributed by atoms with E-state index >= 15 is 0 Å².